The lowest BCUT2D eigenvalue weighted by Crippen LogP contribution is -2.47. The molecule has 0 radical (unpaired) electrons. The van der Waals surface area contributed by atoms with E-state index in [1.54, 1.807) is 12.4 Å². The fraction of sp³-hybridized carbons (Fsp3) is 0.562. The van der Waals surface area contributed by atoms with Crippen molar-refractivity contribution in [1.82, 2.24) is 20.3 Å². The number of nitrogens with zero attached hydrogens (tertiary/aromatic N) is 3. The van der Waals surface area contributed by atoms with Crippen LogP contribution in [0.3, 0.4) is 0 Å². The summed E-state index contributed by atoms with van der Waals surface area (Å²) in [5.74, 6) is 1.27. The molecule has 0 amide bonds. The van der Waals surface area contributed by atoms with Gasteiger partial charge in [0.1, 0.15) is 0 Å². The zero-order valence-corrected chi connectivity index (χ0v) is 13.8. The van der Waals surface area contributed by atoms with Crippen LogP contribution in [0, 0.1) is 0 Å². The maximum Gasteiger partial charge on any atom is 0.290 e. The average molecular weight is 331 g/mol. The number of aromatic amines is 1. The number of rotatable bonds is 5. The molecular formula is C16H21N5OS. The van der Waals surface area contributed by atoms with Gasteiger partial charge in [-0.15, -0.1) is 11.3 Å². The highest BCUT2D eigenvalue weighted by atomic mass is 32.1. The van der Waals surface area contributed by atoms with E-state index in [0.717, 1.165) is 38.4 Å². The molecule has 6 nitrogen and oxygen atoms in total. The Labute approximate surface area is 139 Å². The third-order valence-corrected chi connectivity index (χ3v) is 5.63. The molecule has 3 heterocycles. The first-order valence-corrected chi connectivity index (χ1v) is 9.08. The summed E-state index contributed by atoms with van der Waals surface area (Å²) in [6, 6.07) is 0.386. The van der Waals surface area contributed by atoms with Gasteiger partial charge < -0.3 is 15.2 Å². The largest absolute Gasteiger partial charge is 0.350 e. The van der Waals surface area contributed by atoms with Crippen molar-refractivity contribution >= 4 is 17.2 Å². The Bertz CT molecular complexity index is 723. The fourth-order valence-electron chi connectivity index (χ4n) is 3.07. The Morgan fingerprint density at radius 2 is 2.26 bits per heavy atom. The van der Waals surface area contributed by atoms with Gasteiger partial charge in [-0.05, 0) is 25.7 Å². The lowest BCUT2D eigenvalue weighted by atomic mass is 10.1. The predicted octanol–water partition coefficient (Wildman–Crippen LogP) is 1.86. The van der Waals surface area contributed by atoms with Crippen molar-refractivity contribution < 1.29 is 0 Å². The van der Waals surface area contributed by atoms with Crippen LogP contribution in [0.4, 0.5) is 5.82 Å². The van der Waals surface area contributed by atoms with E-state index < -0.39 is 0 Å². The normalized spacial score (nSPS) is 21.6. The quantitative estimate of drug-likeness (QED) is 0.875. The van der Waals surface area contributed by atoms with Gasteiger partial charge in [-0.3, -0.25) is 4.79 Å². The van der Waals surface area contributed by atoms with Crippen molar-refractivity contribution in [1.29, 1.82) is 0 Å². The maximum absolute atomic E-state index is 11.9. The lowest BCUT2D eigenvalue weighted by Gasteiger charge is -2.33. The summed E-state index contributed by atoms with van der Waals surface area (Å²) in [6.45, 7) is 2.58. The molecule has 122 valence electrons. The first-order valence-electron chi connectivity index (χ1n) is 8.26. The molecular weight excluding hydrogens is 310 g/mol. The molecule has 1 saturated carbocycles. The van der Waals surface area contributed by atoms with Crippen LogP contribution in [0.15, 0.2) is 23.4 Å². The monoisotopic (exact) mass is 331 g/mol. The highest BCUT2D eigenvalue weighted by Crippen LogP contribution is 2.41. The zero-order chi connectivity index (χ0) is 15.6. The number of aromatic nitrogens is 3. The van der Waals surface area contributed by atoms with Crippen LogP contribution in [0.2, 0.25) is 0 Å². The van der Waals surface area contributed by atoms with Crippen molar-refractivity contribution in [2.75, 3.05) is 18.0 Å². The van der Waals surface area contributed by atoms with E-state index >= 15 is 0 Å². The fourth-order valence-corrected chi connectivity index (χ4v) is 4.11. The number of hydrogen-bond acceptors (Lipinski definition) is 6. The first kappa shape index (κ1) is 14.8. The lowest BCUT2D eigenvalue weighted by molar-refractivity contribution is 0.420. The van der Waals surface area contributed by atoms with Crippen molar-refractivity contribution in [2.45, 2.75) is 44.2 Å². The summed E-state index contributed by atoms with van der Waals surface area (Å²) in [4.78, 5) is 26.7. The molecule has 1 aliphatic carbocycles. The Kier molecular flexibility index (Phi) is 4.13. The molecule has 23 heavy (non-hydrogen) atoms. The van der Waals surface area contributed by atoms with E-state index in [2.05, 4.69) is 25.2 Å². The summed E-state index contributed by atoms with van der Waals surface area (Å²) < 4.78 is 0. The summed E-state index contributed by atoms with van der Waals surface area (Å²) in [6.07, 6.45) is 10.0. The number of piperidine rings is 1. The molecule has 0 unspecified atom stereocenters. The summed E-state index contributed by atoms with van der Waals surface area (Å²) in [5, 5.41) is 4.92. The molecule has 1 atom stereocenters. The number of H-pyrrole nitrogens is 1. The molecule has 0 spiro atoms. The summed E-state index contributed by atoms with van der Waals surface area (Å²) in [7, 11) is 0. The standard InChI is InChI=1S/C16H21N5OS/c22-15-14(17-5-6-18-15)21-7-1-2-12(10-21)19-8-13-9-20-16(23-13)11-3-4-11/h5-6,9,11-12,19H,1-4,7-8,10H2,(H,18,22)/t12-/m0/s1. The number of thiazole rings is 1. The van der Waals surface area contributed by atoms with Crippen LogP contribution in [0.5, 0.6) is 0 Å². The zero-order valence-electron chi connectivity index (χ0n) is 13.0. The molecule has 1 aliphatic heterocycles. The van der Waals surface area contributed by atoms with Crippen LogP contribution in [0.25, 0.3) is 0 Å². The van der Waals surface area contributed by atoms with Crippen LogP contribution in [-0.2, 0) is 6.54 Å². The molecule has 7 heteroatoms. The van der Waals surface area contributed by atoms with E-state index in [9.17, 15) is 4.79 Å². The highest BCUT2D eigenvalue weighted by Gasteiger charge is 2.27. The van der Waals surface area contributed by atoms with Gasteiger partial charge in [0.25, 0.3) is 5.56 Å². The van der Waals surface area contributed by atoms with Crippen LogP contribution in [0.1, 0.15) is 41.5 Å². The second-order valence-electron chi connectivity index (χ2n) is 6.35. The topological polar surface area (TPSA) is 73.9 Å². The van der Waals surface area contributed by atoms with Gasteiger partial charge in [0.05, 0.1) is 5.01 Å². The average Bonchev–Trinajstić information content (AvgIpc) is 3.32. The number of hydrogen-bond donors (Lipinski definition) is 2. The SMILES string of the molecule is O=c1[nH]ccnc1N1CCC[C@H](NCc2cnc(C3CC3)s2)C1. The van der Waals surface area contributed by atoms with Crippen molar-refractivity contribution in [3.05, 3.63) is 38.8 Å². The van der Waals surface area contributed by atoms with Gasteiger partial charge in [-0.2, -0.15) is 0 Å². The highest BCUT2D eigenvalue weighted by molar-refractivity contribution is 7.11. The van der Waals surface area contributed by atoms with E-state index in [4.69, 9.17) is 0 Å². The van der Waals surface area contributed by atoms with Gasteiger partial charge in [0, 0.05) is 55.1 Å². The summed E-state index contributed by atoms with van der Waals surface area (Å²) >= 11 is 1.84. The third-order valence-electron chi connectivity index (χ3n) is 4.47. The molecule has 2 aromatic heterocycles. The van der Waals surface area contributed by atoms with Crippen molar-refractivity contribution in [2.24, 2.45) is 0 Å². The minimum absolute atomic E-state index is 0.107. The Hall–Kier alpha value is -1.73. The molecule has 2 fully saturated rings. The van der Waals surface area contributed by atoms with Gasteiger partial charge >= 0.3 is 0 Å². The molecule has 2 aromatic rings. The Morgan fingerprint density at radius 3 is 3.09 bits per heavy atom. The third kappa shape index (κ3) is 3.45. The molecule has 0 aromatic carbocycles. The Balaban J connectivity index is 1.35. The second-order valence-corrected chi connectivity index (χ2v) is 7.49. The molecule has 1 saturated heterocycles. The minimum atomic E-state index is -0.107. The van der Waals surface area contributed by atoms with Crippen molar-refractivity contribution in [3.63, 3.8) is 0 Å². The van der Waals surface area contributed by atoms with Gasteiger partial charge in [0.2, 0.25) is 0 Å². The van der Waals surface area contributed by atoms with Gasteiger partial charge in [-0.25, -0.2) is 9.97 Å². The number of anilines is 1. The van der Waals surface area contributed by atoms with Crippen LogP contribution < -0.4 is 15.8 Å². The predicted molar refractivity (Wildman–Crippen MR) is 91.0 cm³/mol. The molecule has 0 bridgehead atoms. The van der Waals surface area contributed by atoms with E-state index in [1.165, 1.54) is 22.7 Å². The molecule has 4 rings (SSSR count). The van der Waals surface area contributed by atoms with Gasteiger partial charge in [0.15, 0.2) is 5.82 Å². The van der Waals surface area contributed by atoms with Crippen LogP contribution in [-0.4, -0.2) is 34.1 Å². The molecule has 2 aliphatic rings. The van der Waals surface area contributed by atoms with E-state index in [0.29, 0.717) is 11.9 Å². The maximum atomic E-state index is 11.9. The smallest absolute Gasteiger partial charge is 0.290 e. The number of nitrogens with one attached hydrogen (secondary N) is 2. The first-order chi connectivity index (χ1) is 11.3. The van der Waals surface area contributed by atoms with Crippen molar-refractivity contribution in [3.8, 4) is 0 Å². The van der Waals surface area contributed by atoms with Gasteiger partial charge in [-0.1, -0.05) is 0 Å². The minimum Gasteiger partial charge on any atom is -0.350 e. The van der Waals surface area contributed by atoms with E-state index in [1.807, 2.05) is 17.5 Å². The van der Waals surface area contributed by atoms with E-state index in [-0.39, 0.29) is 5.56 Å². The summed E-state index contributed by atoms with van der Waals surface area (Å²) in [5.41, 5.74) is -0.107. The second kappa shape index (κ2) is 6.41. The van der Waals surface area contributed by atoms with Crippen LogP contribution >= 0.6 is 11.3 Å². The molecule has 2 N–H and O–H groups in total. The Morgan fingerprint density at radius 1 is 1.35 bits per heavy atom.